The van der Waals surface area contributed by atoms with Crippen molar-refractivity contribution >= 4 is 21.5 Å². The van der Waals surface area contributed by atoms with Gasteiger partial charge in [0, 0.05) is 13.1 Å². The van der Waals surface area contributed by atoms with Crippen LogP contribution < -0.4 is 18.9 Å². The Morgan fingerprint density at radius 1 is 1.44 bits per heavy atom. The van der Waals surface area contributed by atoms with E-state index in [1.165, 1.54) is 5.56 Å². The van der Waals surface area contributed by atoms with Crippen LogP contribution in [0.3, 0.4) is 0 Å². The standard InChI is InChI=1S/C9H15NO3S2.Li/c1-10(5-7-15(11,12)13)4-2-9-3-6-14-8-9;/h3,6,8H,2,4-5,7H2,1H3,(H,11,12,13);/q;+1/p-1. The van der Waals surface area contributed by atoms with E-state index in [0.717, 1.165) is 13.0 Å². The second-order valence-corrected chi connectivity index (χ2v) is 5.75. The molecule has 0 bridgehead atoms. The SMILES string of the molecule is CN(CCc1ccsc1)CCS(=O)(=O)[O-].[Li+]. The summed E-state index contributed by atoms with van der Waals surface area (Å²) in [6.45, 7) is 1.07. The molecule has 0 aliphatic heterocycles. The van der Waals surface area contributed by atoms with Gasteiger partial charge < -0.3 is 9.45 Å². The molecule has 0 aliphatic rings. The number of hydrogen-bond donors (Lipinski definition) is 0. The van der Waals surface area contributed by atoms with E-state index in [9.17, 15) is 13.0 Å². The van der Waals surface area contributed by atoms with Gasteiger partial charge >= 0.3 is 18.9 Å². The van der Waals surface area contributed by atoms with Gasteiger partial charge in [-0.25, -0.2) is 8.42 Å². The van der Waals surface area contributed by atoms with Crippen molar-refractivity contribution in [2.75, 3.05) is 25.9 Å². The Morgan fingerprint density at radius 3 is 2.62 bits per heavy atom. The molecule has 1 aromatic heterocycles. The molecule has 0 saturated carbocycles. The van der Waals surface area contributed by atoms with E-state index in [1.54, 1.807) is 11.3 Å². The van der Waals surface area contributed by atoms with Crippen LogP contribution in [-0.2, 0) is 16.5 Å². The maximum Gasteiger partial charge on any atom is 1.00 e. The maximum absolute atomic E-state index is 10.4. The molecule has 16 heavy (non-hydrogen) atoms. The minimum atomic E-state index is -4.08. The van der Waals surface area contributed by atoms with Crippen LogP contribution in [0.15, 0.2) is 16.8 Å². The zero-order valence-electron chi connectivity index (χ0n) is 9.55. The van der Waals surface area contributed by atoms with Gasteiger partial charge in [-0.2, -0.15) is 11.3 Å². The summed E-state index contributed by atoms with van der Waals surface area (Å²) in [5.41, 5.74) is 1.25. The van der Waals surface area contributed by atoms with E-state index in [-0.39, 0.29) is 24.6 Å². The van der Waals surface area contributed by atoms with Gasteiger partial charge in [0.1, 0.15) is 0 Å². The molecule has 1 heterocycles. The Bertz CT molecular complexity index is 377. The van der Waals surface area contributed by atoms with Gasteiger partial charge in [-0.15, -0.1) is 0 Å². The molecule has 0 N–H and O–H groups in total. The first-order valence-corrected chi connectivity index (χ1v) is 7.12. The van der Waals surface area contributed by atoms with Gasteiger partial charge in [0.25, 0.3) is 0 Å². The molecule has 0 spiro atoms. The second kappa shape index (κ2) is 7.48. The van der Waals surface area contributed by atoms with E-state index < -0.39 is 10.1 Å². The summed E-state index contributed by atoms with van der Waals surface area (Å²) in [5.74, 6) is -0.312. The third kappa shape index (κ3) is 7.44. The molecule has 0 atom stereocenters. The molecule has 0 radical (unpaired) electrons. The van der Waals surface area contributed by atoms with Crippen molar-refractivity contribution in [3.05, 3.63) is 22.4 Å². The first-order chi connectivity index (χ1) is 6.97. The van der Waals surface area contributed by atoms with Crippen molar-refractivity contribution in [3.63, 3.8) is 0 Å². The number of likely N-dealkylation sites (N-methyl/N-ethyl adjacent to an activating group) is 1. The van der Waals surface area contributed by atoms with Gasteiger partial charge in [-0.3, -0.25) is 0 Å². The van der Waals surface area contributed by atoms with Crippen LogP contribution >= 0.6 is 11.3 Å². The summed E-state index contributed by atoms with van der Waals surface area (Å²) in [5, 5.41) is 4.08. The zero-order chi connectivity index (χ0) is 11.3. The van der Waals surface area contributed by atoms with Crippen LogP contribution in [0.2, 0.25) is 0 Å². The van der Waals surface area contributed by atoms with Crippen molar-refractivity contribution in [2.24, 2.45) is 0 Å². The van der Waals surface area contributed by atoms with Crippen molar-refractivity contribution in [3.8, 4) is 0 Å². The molecule has 0 saturated heterocycles. The summed E-state index contributed by atoms with van der Waals surface area (Å²) in [6, 6.07) is 2.04. The predicted octanol–water partition coefficient (Wildman–Crippen LogP) is -2.23. The molecule has 0 unspecified atom stereocenters. The average Bonchev–Trinajstić information content (AvgIpc) is 2.62. The monoisotopic (exact) mass is 255 g/mol. The second-order valence-electron chi connectivity index (χ2n) is 3.45. The molecule has 1 aromatic rings. The fraction of sp³-hybridized carbons (Fsp3) is 0.556. The van der Waals surface area contributed by atoms with E-state index >= 15 is 0 Å². The summed E-state index contributed by atoms with van der Waals surface area (Å²) >= 11 is 1.64. The fourth-order valence-corrected chi connectivity index (χ4v) is 2.37. The van der Waals surface area contributed by atoms with Gasteiger partial charge in [-0.1, -0.05) is 0 Å². The molecular formula is C9H14LiNO3S2. The van der Waals surface area contributed by atoms with Crippen LogP contribution in [0.5, 0.6) is 0 Å². The number of rotatable bonds is 6. The summed E-state index contributed by atoms with van der Waals surface area (Å²) in [7, 11) is -2.26. The maximum atomic E-state index is 10.4. The van der Waals surface area contributed by atoms with Crippen LogP contribution in [0, 0.1) is 0 Å². The van der Waals surface area contributed by atoms with E-state index in [2.05, 4.69) is 5.38 Å². The van der Waals surface area contributed by atoms with Crippen LogP contribution in [0.1, 0.15) is 5.56 Å². The van der Waals surface area contributed by atoms with Gasteiger partial charge in [0.15, 0.2) is 0 Å². The molecule has 0 amide bonds. The van der Waals surface area contributed by atoms with Crippen molar-refractivity contribution in [1.29, 1.82) is 0 Å². The molecule has 7 heteroatoms. The minimum Gasteiger partial charge on any atom is -0.748 e. The Balaban J connectivity index is 0.00000225. The first kappa shape index (κ1) is 16.2. The van der Waals surface area contributed by atoms with Crippen molar-refractivity contribution in [1.82, 2.24) is 4.90 Å². The van der Waals surface area contributed by atoms with Crippen molar-refractivity contribution in [2.45, 2.75) is 6.42 Å². The number of nitrogens with zero attached hydrogens (tertiary/aromatic N) is 1. The number of thiophene rings is 1. The third-order valence-electron chi connectivity index (χ3n) is 2.09. The molecular weight excluding hydrogens is 241 g/mol. The first-order valence-electron chi connectivity index (χ1n) is 4.60. The molecule has 0 fully saturated rings. The van der Waals surface area contributed by atoms with Crippen LogP contribution in [0.4, 0.5) is 0 Å². The number of hydrogen-bond acceptors (Lipinski definition) is 5. The normalized spacial score (nSPS) is 11.4. The van der Waals surface area contributed by atoms with E-state index in [0.29, 0.717) is 6.54 Å². The fourth-order valence-electron chi connectivity index (χ4n) is 1.13. The minimum absolute atomic E-state index is 0. The Hall–Kier alpha value is 0.167. The Morgan fingerprint density at radius 2 is 2.12 bits per heavy atom. The van der Waals surface area contributed by atoms with Gasteiger partial charge in [0.2, 0.25) is 0 Å². The Labute approximate surface area is 113 Å². The average molecular weight is 255 g/mol. The Kier molecular flexibility index (Phi) is 7.56. The molecule has 1 rings (SSSR count). The van der Waals surface area contributed by atoms with E-state index in [1.807, 2.05) is 23.4 Å². The smallest absolute Gasteiger partial charge is 0.748 e. The third-order valence-corrected chi connectivity index (χ3v) is 3.50. The van der Waals surface area contributed by atoms with Crippen molar-refractivity contribution < 1.29 is 31.8 Å². The van der Waals surface area contributed by atoms with Gasteiger partial charge in [-0.05, 0) is 35.9 Å². The predicted molar refractivity (Wildman–Crippen MR) is 60.1 cm³/mol. The van der Waals surface area contributed by atoms with E-state index in [4.69, 9.17) is 0 Å². The molecule has 0 aromatic carbocycles. The topological polar surface area (TPSA) is 60.4 Å². The summed E-state index contributed by atoms with van der Waals surface area (Å²) < 4.78 is 31.2. The van der Waals surface area contributed by atoms with Gasteiger partial charge in [0.05, 0.1) is 15.9 Å². The van der Waals surface area contributed by atoms with Crippen LogP contribution in [0.25, 0.3) is 0 Å². The molecule has 0 aliphatic carbocycles. The molecule has 86 valence electrons. The zero-order valence-corrected chi connectivity index (χ0v) is 11.2. The molecule has 4 nitrogen and oxygen atoms in total. The summed E-state index contributed by atoms with van der Waals surface area (Å²) in [4.78, 5) is 1.85. The largest absolute Gasteiger partial charge is 1.00 e. The summed E-state index contributed by atoms with van der Waals surface area (Å²) in [6.07, 6.45) is 0.888. The van der Waals surface area contributed by atoms with Crippen LogP contribution in [-0.4, -0.2) is 43.8 Å². The quantitative estimate of drug-likeness (QED) is 0.426.